The number of anilines is 1. The minimum absolute atomic E-state index is 0.146. The number of aryl methyl sites for hydroxylation is 1. The summed E-state index contributed by atoms with van der Waals surface area (Å²) in [5.41, 5.74) is 0. The van der Waals surface area contributed by atoms with Gasteiger partial charge in [-0.15, -0.1) is 0 Å². The van der Waals surface area contributed by atoms with Gasteiger partial charge >= 0.3 is 0 Å². The van der Waals surface area contributed by atoms with Crippen molar-refractivity contribution >= 4 is 11.9 Å². The number of hydrogen-bond donors (Lipinski definition) is 1. The molecular formula is C16H19N7O3. The fraction of sp³-hybridized carbons (Fsp3) is 0.438. The third-order valence-corrected chi connectivity index (χ3v) is 4.33. The van der Waals surface area contributed by atoms with Crippen LogP contribution in [0, 0.1) is 0 Å². The number of furan rings is 1. The predicted octanol–water partition coefficient (Wildman–Crippen LogP) is 1.12. The Balaban J connectivity index is 1.21. The van der Waals surface area contributed by atoms with E-state index >= 15 is 0 Å². The molecule has 0 saturated carbocycles. The smallest absolute Gasteiger partial charge is 0.238 e. The number of amides is 1. The number of aromatic nitrogens is 5. The lowest BCUT2D eigenvalue weighted by atomic mass is 10.2. The Morgan fingerprint density at radius 2 is 2.15 bits per heavy atom. The number of rotatable bonds is 6. The number of carbonyl (C=O) groups is 1. The van der Waals surface area contributed by atoms with Gasteiger partial charge in [-0.25, -0.2) is 5.10 Å². The van der Waals surface area contributed by atoms with Gasteiger partial charge in [-0.3, -0.25) is 4.79 Å². The molecule has 10 heteroatoms. The predicted molar refractivity (Wildman–Crippen MR) is 90.1 cm³/mol. The van der Waals surface area contributed by atoms with Crippen LogP contribution in [0.15, 0.2) is 33.7 Å². The van der Waals surface area contributed by atoms with Crippen LogP contribution in [0.3, 0.4) is 0 Å². The van der Waals surface area contributed by atoms with Crippen LogP contribution in [0.5, 0.6) is 0 Å². The first-order valence-electron chi connectivity index (χ1n) is 8.54. The molecule has 1 saturated heterocycles. The van der Waals surface area contributed by atoms with Crippen molar-refractivity contribution < 1.29 is 13.7 Å². The van der Waals surface area contributed by atoms with Gasteiger partial charge in [0.05, 0.1) is 6.26 Å². The van der Waals surface area contributed by atoms with Gasteiger partial charge in [0.25, 0.3) is 0 Å². The van der Waals surface area contributed by atoms with Crippen molar-refractivity contribution in [2.24, 2.45) is 0 Å². The van der Waals surface area contributed by atoms with Gasteiger partial charge in [-0.2, -0.15) is 15.1 Å². The highest BCUT2D eigenvalue weighted by molar-refractivity contribution is 5.76. The molecule has 1 aliphatic heterocycles. The number of hydrogen-bond acceptors (Lipinski definition) is 8. The van der Waals surface area contributed by atoms with Crippen LogP contribution in [0.1, 0.15) is 18.7 Å². The molecule has 0 aromatic carbocycles. The number of carbonyl (C=O) groups excluding carboxylic acids is 1. The highest BCUT2D eigenvalue weighted by atomic mass is 16.5. The molecule has 0 spiro atoms. The summed E-state index contributed by atoms with van der Waals surface area (Å²) in [4.78, 5) is 24.8. The molecule has 1 fully saturated rings. The second-order valence-electron chi connectivity index (χ2n) is 6.02. The summed E-state index contributed by atoms with van der Waals surface area (Å²) in [7, 11) is 0. The second kappa shape index (κ2) is 7.38. The van der Waals surface area contributed by atoms with Gasteiger partial charge in [0.2, 0.25) is 23.6 Å². The number of H-pyrrole nitrogens is 1. The molecular weight excluding hydrogens is 338 g/mol. The lowest BCUT2D eigenvalue weighted by Crippen LogP contribution is -2.49. The topological polar surface area (TPSA) is 117 Å². The molecule has 4 rings (SSSR count). The lowest BCUT2D eigenvalue weighted by Gasteiger charge is -2.34. The Morgan fingerprint density at radius 3 is 2.88 bits per heavy atom. The second-order valence-corrected chi connectivity index (χ2v) is 6.02. The third-order valence-electron chi connectivity index (χ3n) is 4.33. The Kier molecular flexibility index (Phi) is 4.63. The normalized spacial score (nSPS) is 14.8. The summed E-state index contributed by atoms with van der Waals surface area (Å²) in [6, 6.07) is 3.54. The van der Waals surface area contributed by atoms with E-state index < -0.39 is 0 Å². The maximum atomic E-state index is 12.4. The van der Waals surface area contributed by atoms with Gasteiger partial charge in [0, 0.05) is 39.0 Å². The highest BCUT2D eigenvalue weighted by Gasteiger charge is 2.22. The number of piperazine rings is 1. The first kappa shape index (κ1) is 16.3. The summed E-state index contributed by atoms with van der Waals surface area (Å²) in [5, 5.41) is 10.6. The monoisotopic (exact) mass is 357 g/mol. The van der Waals surface area contributed by atoms with E-state index in [0.717, 1.165) is 19.0 Å². The van der Waals surface area contributed by atoms with Gasteiger partial charge < -0.3 is 18.7 Å². The Hall–Kier alpha value is -3.17. The van der Waals surface area contributed by atoms with Crippen molar-refractivity contribution in [1.29, 1.82) is 0 Å². The van der Waals surface area contributed by atoms with Crippen molar-refractivity contribution in [2.75, 3.05) is 31.1 Å². The minimum atomic E-state index is 0.146. The molecule has 136 valence electrons. The molecule has 10 nitrogen and oxygen atoms in total. The summed E-state index contributed by atoms with van der Waals surface area (Å²) in [6.45, 7) is 2.86. The zero-order valence-corrected chi connectivity index (χ0v) is 14.2. The quantitative estimate of drug-likeness (QED) is 0.697. The fourth-order valence-corrected chi connectivity index (χ4v) is 2.93. The summed E-state index contributed by atoms with van der Waals surface area (Å²) < 4.78 is 10.4. The van der Waals surface area contributed by atoms with E-state index in [1.54, 1.807) is 18.4 Å². The highest BCUT2D eigenvalue weighted by Crippen LogP contribution is 2.17. The standard InChI is InChI=1S/C16H19N7O3/c24-14(22-6-8-23(9-7-22)16-17-11-18-20-16)5-1-4-13-19-15(21-26-13)12-3-2-10-25-12/h2-3,10-11H,1,4-9H2,(H,17,18,20). The van der Waals surface area contributed by atoms with Crippen LogP contribution in [0.2, 0.25) is 0 Å². The summed E-state index contributed by atoms with van der Waals surface area (Å²) in [5.74, 6) is 2.41. The van der Waals surface area contributed by atoms with E-state index in [2.05, 4.69) is 30.2 Å². The van der Waals surface area contributed by atoms with E-state index in [4.69, 9.17) is 8.94 Å². The van der Waals surface area contributed by atoms with E-state index in [9.17, 15) is 4.79 Å². The first-order chi connectivity index (χ1) is 12.8. The van der Waals surface area contributed by atoms with Crippen molar-refractivity contribution in [3.8, 4) is 11.6 Å². The molecule has 0 unspecified atom stereocenters. The van der Waals surface area contributed by atoms with Gasteiger partial charge in [-0.1, -0.05) is 5.16 Å². The van der Waals surface area contributed by atoms with Crippen LogP contribution in [-0.4, -0.2) is 62.3 Å². The van der Waals surface area contributed by atoms with E-state index in [1.807, 2.05) is 4.90 Å². The van der Waals surface area contributed by atoms with Crippen molar-refractivity contribution in [1.82, 2.24) is 30.2 Å². The Labute approximate surface area is 149 Å². The van der Waals surface area contributed by atoms with Gasteiger partial charge in [0.1, 0.15) is 6.33 Å². The average molecular weight is 357 g/mol. The molecule has 1 amide bonds. The maximum absolute atomic E-state index is 12.4. The SMILES string of the molecule is O=C(CCCc1nc(-c2ccco2)no1)N1CCN(c2ncn[nH]2)CC1. The zero-order chi connectivity index (χ0) is 17.8. The first-order valence-corrected chi connectivity index (χ1v) is 8.54. The number of nitrogens with one attached hydrogen (secondary N) is 1. The molecule has 0 bridgehead atoms. The molecule has 4 heterocycles. The van der Waals surface area contributed by atoms with Crippen molar-refractivity contribution in [2.45, 2.75) is 19.3 Å². The van der Waals surface area contributed by atoms with Crippen LogP contribution in [-0.2, 0) is 11.2 Å². The van der Waals surface area contributed by atoms with Crippen molar-refractivity contribution in [3.63, 3.8) is 0 Å². The average Bonchev–Trinajstić information content (AvgIpc) is 3.43. The lowest BCUT2D eigenvalue weighted by molar-refractivity contribution is -0.131. The van der Waals surface area contributed by atoms with E-state index in [1.165, 1.54) is 6.33 Å². The van der Waals surface area contributed by atoms with Crippen LogP contribution >= 0.6 is 0 Å². The third kappa shape index (κ3) is 3.58. The maximum Gasteiger partial charge on any atom is 0.238 e. The van der Waals surface area contributed by atoms with E-state index in [0.29, 0.717) is 49.8 Å². The largest absolute Gasteiger partial charge is 0.461 e. The summed E-state index contributed by atoms with van der Waals surface area (Å²) >= 11 is 0. The molecule has 3 aromatic heterocycles. The molecule has 0 atom stereocenters. The van der Waals surface area contributed by atoms with Gasteiger partial charge in [-0.05, 0) is 18.6 Å². The van der Waals surface area contributed by atoms with Crippen LogP contribution in [0.4, 0.5) is 5.95 Å². The van der Waals surface area contributed by atoms with Gasteiger partial charge in [0.15, 0.2) is 5.76 Å². The molecule has 1 N–H and O–H groups in total. The number of aromatic amines is 1. The van der Waals surface area contributed by atoms with Crippen LogP contribution in [0.25, 0.3) is 11.6 Å². The zero-order valence-electron chi connectivity index (χ0n) is 14.2. The molecule has 1 aliphatic rings. The minimum Gasteiger partial charge on any atom is -0.461 e. The number of nitrogens with zero attached hydrogens (tertiary/aromatic N) is 6. The Morgan fingerprint density at radius 1 is 1.27 bits per heavy atom. The summed E-state index contributed by atoms with van der Waals surface area (Å²) in [6.07, 6.45) is 4.74. The molecule has 3 aromatic rings. The molecule has 26 heavy (non-hydrogen) atoms. The Bertz CT molecular complexity index is 820. The fourth-order valence-electron chi connectivity index (χ4n) is 2.93. The molecule has 0 aliphatic carbocycles. The molecule has 0 radical (unpaired) electrons. The van der Waals surface area contributed by atoms with E-state index in [-0.39, 0.29) is 5.91 Å². The van der Waals surface area contributed by atoms with Crippen LogP contribution < -0.4 is 4.90 Å². The van der Waals surface area contributed by atoms with Crippen molar-refractivity contribution in [3.05, 3.63) is 30.6 Å².